The van der Waals surface area contributed by atoms with E-state index in [1.54, 1.807) is 12.5 Å². The number of hydrogen-bond acceptors (Lipinski definition) is 3. The first-order valence-corrected chi connectivity index (χ1v) is 9.29. The number of carbonyl (C=O) groups excluding carboxylic acids is 1. The molecule has 2 saturated carbocycles. The van der Waals surface area contributed by atoms with Gasteiger partial charge in [-0.15, -0.1) is 0 Å². The van der Waals surface area contributed by atoms with Crippen LogP contribution in [0, 0.1) is 5.92 Å². The summed E-state index contributed by atoms with van der Waals surface area (Å²) in [4.78, 5) is 18.5. The van der Waals surface area contributed by atoms with E-state index in [0.29, 0.717) is 25.0 Å². The second-order valence-electron chi connectivity index (χ2n) is 7.37. The number of furan rings is 1. The van der Waals surface area contributed by atoms with Crippen LogP contribution >= 0.6 is 0 Å². The summed E-state index contributed by atoms with van der Waals surface area (Å²) in [7, 11) is 0. The Morgan fingerprint density at radius 1 is 1.44 bits per heavy atom. The number of carbonyl (C=O) groups is 1. The summed E-state index contributed by atoms with van der Waals surface area (Å²) in [6, 6.07) is 4.49. The average Bonchev–Trinajstić information content (AvgIpc) is 3.46. The molecule has 6 heteroatoms. The summed E-state index contributed by atoms with van der Waals surface area (Å²) < 4.78 is 8.00. The molecule has 25 heavy (non-hydrogen) atoms. The number of nitrogens with zero attached hydrogens (tertiary/aromatic N) is 3. The van der Waals surface area contributed by atoms with Crippen molar-refractivity contribution in [2.24, 2.45) is 5.92 Å². The summed E-state index contributed by atoms with van der Waals surface area (Å²) in [5.41, 5.74) is 0. The van der Waals surface area contributed by atoms with Crippen LogP contribution in [0.3, 0.4) is 0 Å². The predicted molar refractivity (Wildman–Crippen MR) is 94.0 cm³/mol. The second kappa shape index (κ2) is 6.94. The number of amides is 2. The van der Waals surface area contributed by atoms with E-state index in [4.69, 9.17) is 4.42 Å². The molecule has 2 amide bonds. The molecule has 0 aromatic carbocycles. The van der Waals surface area contributed by atoms with Gasteiger partial charge in [-0.3, -0.25) is 0 Å². The van der Waals surface area contributed by atoms with Crippen LogP contribution in [0.25, 0.3) is 0 Å². The zero-order valence-corrected chi connectivity index (χ0v) is 14.7. The van der Waals surface area contributed by atoms with E-state index >= 15 is 0 Å². The van der Waals surface area contributed by atoms with E-state index in [2.05, 4.69) is 23.3 Å². The van der Waals surface area contributed by atoms with Gasteiger partial charge in [-0.05, 0) is 43.7 Å². The van der Waals surface area contributed by atoms with Crippen LogP contribution in [-0.4, -0.2) is 33.1 Å². The topological polar surface area (TPSA) is 63.3 Å². The number of urea groups is 1. The van der Waals surface area contributed by atoms with Gasteiger partial charge in [0.05, 0.1) is 12.9 Å². The van der Waals surface area contributed by atoms with Gasteiger partial charge in [0.15, 0.2) is 0 Å². The normalized spacial score (nSPS) is 22.0. The van der Waals surface area contributed by atoms with Crippen molar-refractivity contribution in [2.75, 3.05) is 6.54 Å². The summed E-state index contributed by atoms with van der Waals surface area (Å²) in [5, 5.41) is 3.05. The first-order chi connectivity index (χ1) is 12.2. The smallest absolute Gasteiger partial charge is 0.318 e. The van der Waals surface area contributed by atoms with E-state index in [9.17, 15) is 4.79 Å². The lowest BCUT2D eigenvalue weighted by atomic mass is 10.3. The third-order valence-electron chi connectivity index (χ3n) is 5.16. The Labute approximate surface area is 148 Å². The van der Waals surface area contributed by atoms with Gasteiger partial charge in [0.25, 0.3) is 0 Å². The van der Waals surface area contributed by atoms with E-state index in [1.165, 1.54) is 6.42 Å². The monoisotopic (exact) mass is 342 g/mol. The first-order valence-electron chi connectivity index (χ1n) is 9.29. The molecule has 0 spiro atoms. The molecule has 0 aliphatic heterocycles. The molecule has 6 nitrogen and oxygen atoms in total. The van der Waals surface area contributed by atoms with E-state index in [0.717, 1.165) is 43.2 Å². The fourth-order valence-corrected chi connectivity index (χ4v) is 3.30. The molecule has 2 fully saturated rings. The number of nitrogens with one attached hydrogen (secondary N) is 1. The molecule has 2 aromatic heterocycles. The Morgan fingerprint density at radius 3 is 2.96 bits per heavy atom. The van der Waals surface area contributed by atoms with E-state index < -0.39 is 0 Å². The van der Waals surface area contributed by atoms with Gasteiger partial charge in [0.1, 0.15) is 11.5 Å². The Hall–Kier alpha value is -2.24. The number of rotatable bonds is 8. The van der Waals surface area contributed by atoms with Crippen LogP contribution in [0.4, 0.5) is 4.79 Å². The van der Waals surface area contributed by atoms with Crippen molar-refractivity contribution in [3.8, 4) is 0 Å². The highest BCUT2D eigenvalue weighted by molar-refractivity contribution is 5.74. The van der Waals surface area contributed by atoms with Crippen LogP contribution in [-0.2, 0) is 13.1 Å². The maximum absolute atomic E-state index is 12.5. The summed E-state index contributed by atoms with van der Waals surface area (Å²) >= 11 is 0. The van der Waals surface area contributed by atoms with Crippen LogP contribution in [0.15, 0.2) is 35.3 Å². The van der Waals surface area contributed by atoms with Crippen molar-refractivity contribution in [3.63, 3.8) is 0 Å². The lowest BCUT2D eigenvalue weighted by Crippen LogP contribution is -2.41. The first kappa shape index (κ1) is 16.2. The van der Waals surface area contributed by atoms with Crippen molar-refractivity contribution in [2.45, 2.75) is 57.7 Å². The Kier molecular flexibility index (Phi) is 4.51. The fourth-order valence-electron chi connectivity index (χ4n) is 3.30. The Balaban J connectivity index is 1.27. The molecule has 2 aliphatic carbocycles. The lowest BCUT2D eigenvalue weighted by molar-refractivity contribution is 0.186. The highest BCUT2D eigenvalue weighted by Gasteiger charge is 2.37. The van der Waals surface area contributed by atoms with Crippen LogP contribution in [0.2, 0.25) is 0 Å². The van der Waals surface area contributed by atoms with Crippen molar-refractivity contribution in [1.82, 2.24) is 19.8 Å². The molecule has 0 bridgehead atoms. The van der Waals surface area contributed by atoms with Gasteiger partial charge in [-0.1, -0.05) is 6.92 Å². The van der Waals surface area contributed by atoms with Gasteiger partial charge in [0.2, 0.25) is 0 Å². The van der Waals surface area contributed by atoms with Crippen LogP contribution in [0.5, 0.6) is 0 Å². The van der Waals surface area contributed by atoms with Crippen molar-refractivity contribution >= 4 is 6.03 Å². The van der Waals surface area contributed by atoms with Gasteiger partial charge >= 0.3 is 6.03 Å². The molecule has 0 unspecified atom stereocenters. The van der Waals surface area contributed by atoms with Crippen molar-refractivity contribution in [1.29, 1.82) is 0 Å². The third-order valence-corrected chi connectivity index (χ3v) is 5.16. The second-order valence-corrected chi connectivity index (χ2v) is 7.37. The molecule has 2 aromatic rings. The van der Waals surface area contributed by atoms with Crippen molar-refractivity contribution < 1.29 is 9.21 Å². The Morgan fingerprint density at radius 2 is 2.28 bits per heavy atom. The molecular weight excluding hydrogens is 316 g/mol. The molecule has 2 heterocycles. The van der Waals surface area contributed by atoms with Crippen LogP contribution in [0.1, 0.15) is 50.0 Å². The molecular formula is C19H26N4O2. The molecule has 1 N–H and O–H groups in total. The number of aromatic nitrogens is 2. The molecule has 2 aliphatic rings. The minimum atomic E-state index is 0.0193. The number of aryl methyl sites for hydroxylation is 1. The highest BCUT2D eigenvalue weighted by Crippen LogP contribution is 2.47. The molecule has 0 radical (unpaired) electrons. The maximum atomic E-state index is 12.5. The molecule has 0 saturated heterocycles. The fraction of sp³-hybridized carbons (Fsp3) is 0.579. The van der Waals surface area contributed by atoms with Gasteiger partial charge in [0, 0.05) is 37.4 Å². The van der Waals surface area contributed by atoms with Gasteiger partial charge in [-0.2, -0.15) is 0 Å². The number of hydrogen-bond donors (Lipinski definition) is 1. The lowest BCUT2D eigenvalue weighted by Gasteiger charge is -2.21. The minimum absolute atomic E-state index is 0.0193. The highest BCUT2D eigenvalue weighted by atomic mass is 16.3. The molecule has 2 atom stereocenters. The quantitative estimate of drug-likeness (QED) is 0.748. The zero-order chi connectivity index (χ0) is 17.2. The van der Waals surface area contributed by atoms with Gasteiger partial charge in [-0.25, -0.2) is 9.78 Å². The standard InChI is InChI=1S/C19H26N4O2/c1-14-11-17(14)18-6-5-16(25-18)12-23(15-3-4-15)19(24)21-7-2-9-22-10-8-20-13-22/h5-6,8,10,13-15,17H,2-4,7,9,11-12H2,1H3,(H,21,24)/t14-,17+/m1/s1. The van der Waals surface area contributed by atoms with Crippen molar-refractivity contribution in [3.05, 3.63) is 42.4 Å². The largest absolute Gasteiger partial charge is 0.464 e. The van der Waals surface area contributed by atoms with E-state index in [-0.39, 0.29) is 6.03 Å². The summed E-state index contributed by atoms with van der Waals surface area (Å²) in [5.74, 6) is 3.30. The van der Waals surface area contributed by atoms with E-state index in [1.807, 2.05) is 21.7 Å². The third kappa shape index (κ3) is 4.06. The molecule has 134 valence electrons. The summed E-state index contributed by atoms with van der Waals surface area (Å²) in [6.07, 6.45) is 9.81. The zero-order valence-electron chi connectivity index (χ0n) is 14.7. The van der Waals surface area contributed by atoms with Crippen LogP contribution < -0.4 is 5.32 Å². The Bertz CT molecular complexity index is 705. The predicted octanol–water partition coefficient (Wildman–Crippen LogP) is 3.36. The number of imidazole rings is 1. The minimum Gasteiger partial charge on any atom is -0.464 e. The van der Waals surface area contributed by atoms with Gasteiger partial charge < -0.3 is 19.2 Å². The molecule has 4 rings (SSSR count). The maximum Gasteiger partial charge on any atom is 0.318 e. The SMILES string of the molecule is C[C@@H]1C[C@@H]1c1ccc(CN(C(=O)NCCCn2ccnc2)C2CC2)o1. The average molecular weight is 342 g/mol. The summed E-state index contributed by atoms with van der Waals surface area (Å²) in [6.45, 7) is 4.35.